The molecule has 0 aliphatic carbocycles. The first-order chi connectivity index (χ1) is 13.6. The predicted molar refractivity (Wildman–Crippen MR) is 99.9 cm³/mol. The molecule has 0 bridgehead atoms. The number of urea groups is 1. The van der Waals surface area contributed by atoms with E-state index in [9.17, 15) is 13.6 Å². The predicted octanol–water partition coefficient (Wildman–Crippen LogP) is 3.53. The SMILES string of the molecule is O=C(NCc1ccc(OC(F)F)cc1)NCc1ccccc1Cn1cccn1. The van der Waals surface area contributed by atoms with Crippen LogP contribution < -0.4 is 15.4 Å². The lowest BCUT2D eigenvalue weighted by Crippen LogP contribution is -2.34. The van der Waals surface area contributed by atoms with Gasteiger partial charge in [-0.1, -0.05) is 36.4 Å². The highest BCUT2D eigenvalue weighted by atomic mass is 19.3. The molecule has 0 unspecified atom stereocenters. The van der Waals surface area contributed by atoms with Crippen LogP contribution in [0.15, 0.2) is 67.0 Å². The van der Waals surface area contributed by atoms with Gasteiger partial charge in [-0.05, 0) is 34.9 Å². The van der Waals surface area contributed by atoms with Crippen LogP contribution in [0.2, 0.25) is 0 Å². The summed E-state index contributed by atoms with van der Waals surface area (Å²) in [6.07, 6.45) is 3.61. The molecule has 28 heavy (non-hydrogen) atoms. The van der Waals surface area contributed by atoms with Crippen LogP contribution in [0.5, 0.6) is 5.75 Å². The number of carbonyl (C=O) groups is 1. The summed E-state index contributed by atoms with van der Waals surface area (Å²) in [5.41, 5.74) is 2.85. The maximum atomic E-state index is 12.1. The highest BCUT2D eigenvalue weighted by molar-refractivity contribution is 5.73. The van der Waals surface area contributed by atoms with Gasteiger partial charge in [-0.2, -0.15) is 13.9 Å². The number of hydrogen-bond donors (Lipinski definition) is 2. The molecular formula is C20H20F2N4O2. The van der Waals surface area contributed by atoms with Crippen molar-refractivity contribution in [1.29, 1.82) is 0 Å². The molecule has 0 spiro atoms. The van der Waals surface area contributed by atoms with E-state index in [-0.39, 0.29) is 18.3 Å². The van der Waals surface area contributed by atoms with Crippen molar-refractivity contribution in [2.75, 3.05) is 0 Å². The lowest BCUT2D eigenvalue weighted by atomic mass is 10.1. The maximum Gasteiger partial charge on any atom is 0.387 e. The second kappa shape index (κ2) is 9.50. The highest BCUT2D eigenvalue weighted by Gasteiger charge is 2.07. The second-order valence-electron chi connectivity index (χ2n) is 6.03. The van der Waals surface area contributed by atoms with Crippen molar-refractivity contribution < 1.29 is 18.3 Å². The zero-order valence-electron chi connectivity index (χ0n) is 15.0. The van der Waals surface area contributed by atoms with Gasteiger partial charge in [0.2, 0.25) is 0 Å². The Bertz CT molecular complexity index is 883. The number of halogens is 2. The molecule has 6 nitrogen and oxygen atoms in total. The smallest absolute Gasteiger partial charge is 0.387 e. The maximum absolute atomic E-state index is 12.1. The lowest BCUT2D eigenvalue weighted by molar-refractivity contribution is -0.0498. The van der Waals surface area contributed by atoms with E-state index < -0.39 is 6.61 Å². The summed E-state index contributed by atoms with van der Waals surface area (Å²) in [6.45, 7) is -1.58. The van der Waals surface area contributed by atoms with Gasteiger partial charge in [-0.25, -0.2) is 4.79 Å². The zero-order valence-corrected chi connectivity index (χ0v) is 15.0. The molecule has 0 saturated carbocycles. The number of alkyl halides is 2. The molecule has 146 valence electrons. The van der Waals surface area contributed by atoms with Gasteiger partial charge < -0.3 is 15.4 Å². The summed E-state index contributed by atoms with van der Waals surface area (Å²) in [4.78, 5) is 12.1. The number of rotatable bonds is 8. The van der Waals surface area contributed by atoms with Crippen molar-refractivity contribution in [2.45, 2.75) is 26.2 Å². The Balaban J connectivity index is 1.48. The second-order valence-corrected chi connectivity index (χ2v) is 6.03. The summed E-state index contributed by atoms with van der Waals surface area (Å²) in [5, 5.41) is 9.76. The molecule has 3 rings (SSSR count). The molecule has 2 N–H and O–H groups in total. The van der Waals surface area contributed by atoms with E-state index in [0.717, 1.165) is 16.7 Å². The van der Waals surface area contributed by atoms with Gasteiger partial charge >= 0.3 is 12.6 Å². The van der Waals surface area contributed by atoms with Crippen molar-refractivity contribution in [3.63, 3.8) is 0 Å². The Labute approximate surface area is 161 Å². The standard InChI is InChI=1S/C20H20F2N4O2/c21-19(22)28-18-8-6-15(7-9-18)12-23-20(27)24-13-16-4-1-2-5-17(16)14-26-11-3-10-25-26/h1-11,19H,12-14H2,(H2,23,24,27). The van der Waals surface area contributed by atoms with Gasteiger partial charge in [0.15, 0.2) is 0 Å². The van der Waals surface area contributed by atoms with Gasteiger partial charge in [0.1, 0.15) is 5.75 Å². The average Bonchev–Trinajstić information content (AvgIpc) is 3.19. The first kappa shape index (κ1) is 19.3. The van der Waals surface area contributed by atoms with Crippen LogP contribution >= 0.6 is 0 Å². The van der Waals surface area contributed by atoms with Gasteiger partial charge in [0, 0.05) is 25.5 Å². The van der Waals surface area contributed by atoms with E-state index in [1.165, 1.54) is 12.1 Å². The van der Waals surface area contributed by atoms with Crippen LogP contribution in [0.25, 0.3) is 0 Å². The molecule has 1 heterocycles. The molecule has 0 aliphatic rings. The number of ether oxygens (including phenoxy) is 1. The summed E-state index contributed by atoms with van der Waals surface area (Å²) in [7, 11) is 0. The molecule has 0 fully saturated rings. The van der Waals surface area contributed by atoms with Gasteiger partial charge in [0.25, 0.3) is 0 Å². The molecule has 0 atom stereocenters. The summed E-state index contributed by atoms with van der Waals surface area (Å²) >= 11 is 0. The van der Waals surface area contributed by atoms with Crippen LogP contribution in [-0.4, -0.2) is 22.4 Å². The Kier molecular flexibility index (Phi) is 6.56. The lowest BCUT2D eigenvalue weighted by Gasteiger charge is -2.12. The molecular weight excluding hydrogens is 366 g/mol. The van der Waals surface area contributed by atoms with E-state index in [1.807, 2.05) is 41.2 Å². The van der Waals surface area contributed by atoms with Gasteiger partial charge in [0.05, 0.1) is 6.54 Å². The van der Waals surface area contributed by atoms with Crippen LogP contribution in [0.1, 0.15) is 16.7 Å². The van der Waals surface area contributed by atoms with Gasteiger partial charge in [-0.15, -0.1) is 0 Å². The van der Waals surface area contributed by atoms with Crippen LogP contribution in [-0.2, 0) is 19.6 Å². The third-order valence-corrected chi connectivity index (χ3v) is 4.05. The van der Waals surface area contributed by atoms with Crippen molar-refractivity contribution in [3.8, 4) is 5.75 Å². The normalized spacial score (nSPS) is 10.7. The quantitative estimate of drug-likeness (QED) is 0.622. The average molecular weight is 386 g/mol. The molecule has 1 aromatic heterocycles. The van der Waals surface area contributed by atoms with Crippen LogP contribution in [0, 0.1) is 0 Å². The molecule has 2 amide bonds. The number of amides is 2. The minimum atomic E-state index is -2.86. The van der Waals surface area contributed by atoms with E-state index in [4.69, 9.17) is 0 Å². The first-order valence-corrected chi connectivity index (χ1v) is 8.70. The Morgan fingerprint density at radius 3 is 2.39 bits per heavy atom. The minimum absolute atomic E-state index is 0.0805. The number of nitrogens with one attached hydrogen (secondary N) is 2. The van der Waals surface area contributed by atoms with Crippen molar-refractivity contribution in [2.24, 2.45) is 0 Å². The number of aromatic nitrogens is 2. The summed E-state index contributed by atoms with van der Waals surface area (Å²) < 4.78 is 30.4. The number of carbonyl (C=O) groups excluding carboxylic acids is 1. The van der Waals surface area contributed by atoms with Gasteiger partial charge in [-0.3, -0.25) is 4.68 Å². The Hall–Kier alpha value is -3.42. The third-order valence-electron chi connectivity index (χ3n) is 4.05. The van der Waals surface area contributed by atoms with Crippen LogP contribution in [0.3, 0.4) is 0 Å². The van der Waals surface area contributed by atoms with E-state index in [2.05, 4.69) is 20.5 Å². The summed E-state index contributed by atoms with van der Waals surface area (Å²) in [6, 6.07) is 15.5. The zero-order chi connectivity index (χ0) is 19.8. The van der Waals surface area contributed by atoms with Crippen molar-refractivity contribution in [1.82, 2.24) is 20.4 Å². The topological polar surface area (TPSA) is 68.2 Å². The summed E-state index contributed by atoms with van der Waals surface area (Å²) in [5.74, 6) is 0.0805. The molecule has 2 aromatic carbocycles. The minimum Gasteiger partial charge on any atom is -0.435 e. The van der Waals surface area contributed by atoms with E-state index >= 15 is 0 Å². The van der Waals surface area contributed by atoms with E-state index in [1.54, 1.807) is 18.3 Å². The molecule has 8 heteroatoms. The fraction of sp³-hybridized carbons (Fsp3) is 0.200. The molecule has 0 radical (unpaired) electrons. The monoisotopic (exact) mass is 386 g/mol. The molecule has 0 aliphatic heterocycles. The fourth-order valence-electron chi connectivity index (χ4n) is 2.66. The highest BCUT2D eigenvalue weighted by Crippen LogP contribution is 2.15. The molecule has 3 aromatic rings. The molecule has 0 saturated heterocycles. The Morgan fingerprint density at radius 2 is 1.71 bits per heavy atom. The largest absolute Gasteiger partial charge is 0.435 e. The van der Waals surface area contributed by atoms with Crippen LogP contribution in [0.4, 0.5) is 13.6 Å². The fourth-order valence-corrected chi connectivity index (χ4v) is 2.66. The Morgan fingerprint density at radius 1 is 1.00 bits per heavy atom. The number of benzene rings is 2. The van der Waals surface area contributed by atoms with Crippen molar-refractivity contribution >= 4 is 6.03 Å². The number of nitrogens with zero attached hydrogens (tertiary/aromatic N) is 2. The van der Waals surface area contributed by atoms with E-state index in [0.29, 0.717) is 13.1 Å². The van der Waals surface area contributed by atoms with Crippen molar-refractivity contribution in [3.05, 3.63) is 83.7 Å². The third kappa shape index (κ3) is 5.80. The first-order valence-electron chi connectivity index (χ1n) is 8.70. The number of hydrogen-bond acceptors (Lipinski definition) is 3.